The smallest absolute Gasteiger partial charge is 0.271 e. The summed E-state index contributed by atoms with van der Waals surface area (Å²) in [5.41, 5.74) is -0.211. The molecule has 1 heterocycles. The van der Waals surface area contributed by atoms with Crippen LogP contribution in [-0.2, 0) is 4.79 Å². The highest BCUT2D eigenvalue weighted by atomic mass is 32.1. The van der Waals surface area contributed by atoms with Crippen LogP contribution in [0.4, 0.5) is 11.4 Å². The van der Waals surface area contributed by atoms with Crippen LogP contribution >= 0.6 is 12.2 Å². The number of phenols is 1. The predicted octanol–water partition coefficient (Wildman–Crippen LogP) is 2.73. The van der Waals surface area contributed by atoms with Crippen LogP contribution in [0.5, 0.6) is 5.75 Å². The molecule has 24 heavy (non-hydrogen) atoms. The molecule has 1 amide bonds. The molecule has 9 heteroatoms. The van der Waals surface area contributed by atoms with Gasteiger partial charge in [-0.25, -0.2) is 0 Å². The Kier molecular flexibility index (Phi) is 5.27. The lowest BCUT2D eigenvalue weighted by Gasteiger charge is -2.09. The number of nitrogens with zero attached hydrogens (tertiary/aromatic N) is 1. The number of thiocarbonyl (C=S) groups is 1. The van der Waals surface area contributed by atoms with Gasteiger partial charge in [-0.05, 0) is 43.4 Å². The van der Waals surface area contributed by atoms with Gasteiger partial charge in [-0.15, -0.1) is 0 Å². The Morgan fingerprint density at radius 2 is 2.12 bits per heavy atom. The number of nitro groups is 1. The topological polar surface area (TPSA) is 118 Å². The second-order valence-corrected chi connectivity index (χ2v) is 5.09. The number of rotatable bonds is 4. The van der Waals surface area contributed by atoms with E-state index in [-0.39, 0.29) is 22.2 Å². The highest BCUT2D eigenvalue weighted by Gasteiger charge is 2.12. The summed E-state index contributed by atoms with van der Waals surface area (Å²) in [7, 11) is 0. The zero-order valence-corrected chi connectivity index (χ0v) is 13.3. The Morgan fingerprint density at radius 1 is 1.38 bits per heavy atom. The van der Waals surface area contributed by atoms with E-state index in [0.717, 1.165) is 18.2 Å². The fourth-order valence-corrected chi connectivity index (χ4v) is 1.96. The number of aryl methyl sites for hydroxylation is 1. The van der Waals surface area contributed by atoms with Gasteiger partial charge in [0.2, 0.25) is 5.91 Å². The first kappa shape index (κ1) is 17.2. The van der Waals surface area contributed by atoms with E-state index < -0.39 is 10.8 Å². The number of aromatic hydroxyl groups is 1. The molecule has 0 atom stereocenters. The number of carbonyl (C=O) groups excluding carboxylic acids is 1. The van der Waals surface area contributed by atoms with Gasteiger partial charge in [-0.1, -0.05) is 0 Å². The van der Waals surface area contributed by atoms with E-state index >= 15 is 0 Å². The number of furan rings is 1. The average molecular weight is 347 g/mol. The van der Waals surface area contributed by atoms with Crippen LogP contribution in [0.15, 0.2) is 40.8 Å². The summed E-state index contributed by atoms with van der Waals surface area (Å²) in [4.78, 5) is 21.9. The van der Waals surface area contributed by atoms with Gasteiger partial charge in [0.05, 0.1) is 10.6 Å². The molecule has 1 aromatic heterocycles. The Hall–Kier alpha value is -3.20. The zero-order valence-electron chi connectivity index (χ0n) is 12.5. The highest BCUT2D eigenvalue weighted by molar-refractivity contribution is 7.80. The maximum Gasteiger partial charge on any atom is 0.271 e. The average Bonchev–Trinajstić information content (AvgIpc) is 2.92. The minimum atomic E-state index is -0.611. The Balaban J connectivity index is 1.97. The van der Waals surface area contributed by atoms with Gasteiger partial charge in [0.15, 0.2) is 5.11 Å². The van der Waals surface area contributed by atoms with Gasteiger partial charge >= 0.3 is 0 Å². The highest BCUT2D eigenvalue weighted by Crippen LogP contribution is 2.27. The van der Waals surface area contributed by atoms with Gasteiger partial charge in [0.1, 0.15) is 17.3 Å². The van der Waals surface area contributed by atoms with Crippen molar-refractivity contribution in [1.29, 1.82) is 0 Å². The summed E-state index contributed by atoms with van der Waals surface area (Å²) in [6.45, 7) is 1.78. The molecule has 0 spiro atoms. The number of anilines is 1. The molecule has 3 N–H and O–H groups in total. The van der Waals surface area contributed by atoms with Crippen LogP contribution in [0.1, 0.15) is 11.5 Å². The molecule has 2 rings (SSSR count). The zero-order chi connectivity index (χ0) is 17.7. The van der Waals surface area contributed by atoms with Crippen LogP contribution in [-0.4, -0.2) is 21.0 Å². The molecule has 0 unspecified atom stereocenters. The molecule has 0 aliphatic carbocycles. The van der Waals surface area contributed by atoms with Crippen molar-refractivity contribution in [2.75, 3.05) is 5.32 Å². The minimum Gasteiger partial charge on any atom is -0.506 e. The van der Waals surface area contributed by atoms with Crippen molar-refractivity contribution in [1.82, 2.24) is 5.32 Å². The molecule has 0 fully saturated rings. The van der Waals surface area contributed by atoms with Gasteiger partial charge in [-0.3, -0.25) is 20.2 Å². The normalized spacial score (nSPS) is 10.5. The second-order valence-electron chi connectivity index (χ2n) is 4.68. The van der Waals surface area contributed by atoms with Crippen LogP contribution in [0.3, 0.4) is 0 Å². The fraction of sp³-hybridized carbons (Fsp3) is 0.0667. The van der Waals surface area contributed by atoms with Gasteiger partial charge in [0.25, 0.3) is 5.69 Å². The first-order valence-corrected chi connectivity index (χ1v) is 7.10. The van der Waals surface area contributed by atoms with Crippen molar-refractivity contribution in [3.8, 4) is 5.75 Å². The lowest BCUT2D eigenvalue weighted by Crippen LogP contribution is -2.32. The van der Waals surface area contributed by atoms with Crippen molar-refractivity contribution in [3.63, 3.8) is 0 Å². The maximum atomic E-state index is 11.7. The molecular weight excluding hydrogens is 334 g/mol. The molecule has 0 bridgehead atoms. The number of benzene rings is 1. The summed E-state index contributed by atoms with van der Waals surface area (Å²) in [5.74, 6) is 0.469. The quantitative estimate of drug-likeness (QED) is 0.256. The molecule has 124 valence electrons. The summed E-state index contributed by atoms with van der Waals surface area (Å²) >= 11 is 4.93. The SMILES string of the molecule is Cc1ccc(/C=C/C(=O)NC(=S)Nc2cc([N+](=O)[O-])ccc2O)o1. The number of hydrogen-bond donors (Lipinski definition) is 3. The second kappa shape index (κ2) is 7.38. The molecule has 2 aromatic rings. The minimum absolute atomic E-state index is 0.0140. The van der Waals surface area contributed by atoms with E-state index in [1.807, 2.05) is 0 Å². The van der Waals surface area contributed by atoms with Crippen molar-refractivity contribution in [3.05, 3.63) is 58.0 Å². The standard InChI is InChI=1S/C15H13N3O5S/c1-9-2-4-11(23-9)5-7-14(20)17-15(24)16-12-8-10(18(21)22)3-6-13(12)19/h2-8,19H,1H3,(H2,16,17,20,24)/b7-5+. The number of phenolic OH excluding ortho intramolecular Hbond substituents is 1. The van der Waals surface area contributed by atoms with E-state index in [0.29, 0.717) is 11.5 Å². The van der Waals surface area contributed by atoms with Crippen molar-refractivity contribution in [2.24, 2.45) is 0 Å². The molecule has 1 aromatic carbocycles. The van der Waals surface area contributed by atoms with Crippen LogP contribution in [0.2, 0.25) is 0 Å². The van der Waals surface area contributed by atoms with Crippen molar-refractivity contribution in [2.45, 2.75) is 6.92 Å². The molecule has 0 saturated carbocycles. The van der Waals surface area contributed by atoms with Gasteiger partial charge in [0, 0.05) is 18.2 Å². The first-order valence-electron chi connectivity index (χ1n) is 6.69. The fourth-order valence-electron chi connectivity index (χ4n) is 1.75. The molecule has 0 aliphatic heterocycles. The van der Waals surface area contributed by atoms with E-state index in [1.54, 1.807) is 19.1 Å². The van der Waals surface area contributed by atoms with E-state index in [1.165, 1.54) is 12.2 Å². The monoisotopic (exact) mass is 347 g/mol. The number of nitro benzene ring substituents is 1. The Morgan fingerprint density at radius 3 is 2.75 bits per heavy atom. The summed E-state index contributed by atoms with van der Waals surface area (Å²) < 4.78 is 5.27. The Bertz CT molecular complexity index is 828. The molecule has 0 radical (unpaired) electrons. The molecular formula is C15H13N3O5S. The number of amides is 1. The lowest BCUT2D eigenvalue weighted by atomic mass is 10.2. The molecule has 0 saturated heterocycles. The van der Waals surface area contributed by atoms with E-state index in [9.17, 15) is 20.0 Å². The van der Waals surface area contributed by atoms with Crippen molar-refractivity contribution >= 4 is 40.7 Å². The maximum absolute atomic E-state index is 11.7. The van der Waals surface area contributed by atoms with E-state index in [2.05, 4.69) is 10.6 Å². The third-order valence-electron chi connectivity index (χ3n) is 2.84. The number of hydrogen-bond acceptors (Lipinski definition) is 6. The van der Waals surface area contributed by atoms with Crippen LogP contribution in [0.25, 0.3) is 6.08 Å². The number of carbonyl (C=O) groups is 1. The lowest BCUT2D eigenvalue weighted by molar-refractivity contribution is -0.384. The van der Waals surface area contributed by atoms with Crippen LogP contribution in [0, 0.1) is 17.0 Å². The molecule has 8 nitrogen and oxygen atoms in total. The van der Waals surface area contributed by atoms with Gasteiger partial charge in [-0.2, -0.15) is 0 Å². The van der Waals surface area contributed by atoms with Crippen LogP contribution < -0.4 is 10.6 Å². The number of nitrogens with one attached hydrogen (secondary N) is 2. The van der Waals surface area contributed by atoms with Gasteiger partial charge < -0.3 is 14.8 Å². The number of non-ortho nitro benzene ring substituents is 1. The Labute approximate surface area is 141 Å². The third-order valence-corrected chi connectivity index (χ3v) is 3.04. The predicted molar refractivity (Wildman–Crippen MR) is 91.6 cm³/mol. The third kappa shape index (κ3) is 4.65. The largest absolute Gasteiger partial charge is 0.506 e. The summed E-state index contributed by atoms with van der Waals surface area (Å²) in [5, 5.41) is 25.2. The van der Waals surface area contributed by atoms with Crippen molar-refractivity contribution < 1.29 is 19.2 Å². The molecule has 0 aliphatic rings. The first-order chi connectivity index (χ1) is 11.3. The summed E-state index contributed by atoms with van der Waals surface area (Å²) in [6, 6.07) is 6.88. The summed E-state index contributed by atoms with van der Waals surface area (Å²) in [6.07, 6.45) is 2.69. The van der Waals surface area contributed by atoms with E-state index in [4.69, 9.17) is 16.6 Å².